The maximum absolute atomic E-state index is 11.7. The normalized spacial score (nSPS) is 10.9. The second-order valence-electron chi connectivity index (χ2n) is 4.28. The molecule has 0 aromatic heterocycles. The van der Waals surface area contributed by atoms with Crippen LogP contribution in [0.25, 0.3) is 0 Å². The lowest BCUT2D eigenvalue weighted by Crippen LogP contribution is -2.24. The highest BCUT2D eigenvalue weighted by atomic mass is 16.6. The number of carbonyl (C=O) groups excluding carboxylic acids is 1. The minimum absolute atomic E-state index is 0.0255. The molecule has 0 unspecified atom stereocenters. The molecule has 5 nitrogen and oxygen atoms in total. The lowest BCUT2D eigenvalue weighted by Gasteiger charge is -2.19. The van der Waals surface area contributed by atoms with Gasteiger partial charge in [-0.2, -0.15) is 0 Å². The Balaban J connectivity index is 3.04. The van der Waals surface area contributed by atoms with Crippen LogP contribution in [0.4, 0.5) is 5.69 Å². The Morgan fingerprint density at radius 1 is 1.31 bits per heavy atom. The monoisotopic (exact) mass is 223 g/mol. The topological polar surface area (TPSA) is 69.4 Å². The van der Waals surface area contributed by atoms with E-state index in [1.54, 1.807) is 26.8 Å². The van der Waals surface area contributed by atoms with Crippen molar-refractivity contribution in [2.24, 2.45) is 0 Å². The summed E-state index contributed by atoms with van der Waals surface area (Å²) < 4.78 is 5.07. The number of benzene rings is 1. The first-order valence-corrected chi connectivity index (χ1v) is 4.78. The summed E-state index contributed by atoms with van der Waals surface area (Å²) in [4.78, 5) is 21.8. The summed E-state index contributed by atoms with van der Waals surface area (Å²) in [6.45, 7) is 5.12. The van der Waals surface area contributed by atoms with E-state index in [4.69, 9.17) is 4.74 Å². The van der Waals surface area contributed by atoms with Gasteiger partial charge in [0.1, 0.15) is 11.2 Å². The number of carbonyl (C=O) groups is 1. The Morgan fingerprint density at radius 3 is 2.38 bits per heavy atom. The van der Waals surface area contributed by atoms with Crippen molar-refractivity contribution in [3.8, 4) is 0 Å². The van der Waals surface area contributed by atoms with E-state index in [2.05, 4.69) is 0 Å². The molecule has 0 spiro atoms. The largest absolute Gasteiger partial charge is 0.456 e. The van der Waals surface area contributed by atoms with Gasteiger partial charge in [-0.25, -0.2) is 4.79 Å². The van der Waals surface area contributed by atoms with E-state index < -0.39 is 16.5 Å². The highest BCUT2D eigenvalue weighted by Gasteiger charge is 2.24. The first-order valence-electron chi connectivity index (χ1n) is 4.78. The van der Waals surface area contributed by atoms with Crippen molar-refractivity contribution in [3.05, 3.63) is 39.9 Å². The standard InChI is InChI=1S/C11H13NO4/c1-11(2,3)16-10(13)8-6-4-5-7-9(8)12(14)15/h4-7H,1-3H3. The zero-order valence-corrected chi connectivity index (χ0v) is 9.39. The van der Waals surface area contributed by atoms with Gasteiger partial charge in [0.05, 0.1) is 4.92 Å². The molecule has 16 heavy (non-hydrogen) atoms. The van der Waals surface area contributed by atoms with Gasteiger partial charge in [-0.05, 0) is 26.8 Å². The molecule has 0 saturated heterocycles. The molecule has 1 aromatic carbocycles. The molecule has 0 fully saturated rings. The van der Waals surface area contributed by atoms with Crippen molar-refractivity contribution in [2.75, 3.05) is 0 Å². The maximum atomic E-state index is 11.7. The molecule has 0 aliphatic heterocycles. The summed E-state index contributed by atoms with van der Waals surface area (Å²) in [6.07, 6.45) is 0. The second kappa shape index (κ2) is 4.30. The van der Waals surface area contributed by atoms with Gasteiger partial charge in [0, 0.05) is 6.07 Å². The highest BCUT2D eigenvalue weighted by Crippen LogP contribution is 2.20. The first kappa shape index (κ1) is 12.2. The average molecular weight is 223 g/mol. The number of hydrogen-bond acceptors (Lipinski definition) is 4. The van der Waals surface area contributed by atoms with E-state index in [1.807, 2.05) is 0 Å². The van der Waals surface area contributed by atoms with E-state index in [-0.39, 0.29) is 11.3 Å². The molecule has 0 aliphatic carbocycles. The smallest absolute Gasteiger partial charge is 0.345 e. The fraction of sp³-hybridized carbons (Fsp3) is 0.364. The minimum atomic E-state index is -0.681. The van der Waals surface area contributed by atoms with Crippen LogP contribution in [0.15, 0.2) is 24.3 Å². The first-order chi connectivity index (χ1) is 7.31. The molecule has 0 amide bonds. The van der Waals surface area contributed by atoms with E-state index in [1.165, 1.54) is 18.2 Å². The molecule has 0 saturated carbocycles. The van der Waals surface area contributed by atoms with Crippen LogP contribution in [-0.4, -0.2) is 16.5 Å². The third kappa shape index (κ3) is 3.05. The summed E-state index contributed by atoms with van der Waals surface area (Å²) in [7, 11) is 0. The summed E-state index contributed by atoms with van der Waals surface area (Å²) in [5, 5.41) is 10.7. The van der Waals surface area contributed by atoms with E-state index in [0.717, 1.165) is 0 Å². The Bertz CT molecular complexity index is 420. The van der Waals surface area contributed by atoms with Crippen LogP contribution in [0.1, 0.15) is 31.1 Å². The van der Waals surface area contributed by atoms with Crippen LogP contribution in [0.3, 0.4) is 0 Å². The van der Waals surface area contributed by atoms with Gasteiger partial charge in [-0.15, -0.1) is 0 Å². The van der Waals surface area contributed by atoms with Gasteiger partial charge in [0.15, 0.2) is 0 Å². The van der Waals surface area contributed by atoms with Crippen LogP contribution < -0.4 is 0 Å². The summed E-state index contributed by atoms with van der Waals surface area (Å²) >= 11 is 0. The zero-order valence-electron chi connectivity index (χ0n) is 9.39. The summed E-state index contributed by atoms with van der Waals surface area (Å²) in [5.74, 6) is -0.681. The van der Waals surface area contributed by atoms with E-state index in [0.29, 0.717) is 0 Å². The van der Waals surface area contributed by atoms with E-state index >= 15 is 0 Å². The maximum Gasteiger partial charge on any atom is 0.345 e. The van der Waals surface area contributed by atoms with Gasteiger partial charge in [-0.3, -0.25) is 10.1 Å². The Labute approximate surface area is 93.2 Å². The molecular weight excluding hydrogens is 210 g/mol. The molecule has 0 radical (unpaired) electrons. The SMILES string of the molecule is CC(C)(C)OC(=O)c1ccccc1[N+](=O)[O-]. The molecular formula is C11H13NO4. The lowest BCUT2D eigenvalue weighted by atomic mass is 10.1. The predicted molar refractivity (Wildman–Crippen MR) is 58.3 cm³/mol. The van der Waals surface area contributed by atoms with Crippen molar-refractivity contribution >= 4 is 11.7 Å². The minimum Gasteiger partial charge on any atom is -0.456 e. The molecule has 1 rings (SSSR count). The average Bonchev–Trinajstić information content (AvgIpc) is 2.15. The van der Waals surface area contributed by atoms with Gasteiger partial charge >= 0.3 is 5.97 Å². The fourth-order valence-electron chi connectivity index (χ4n) is 1.14. The van der Waals surface area contributed by atoms with Crippen LogP contribution >= 0.6 is 0 Å². The quantitative estimate of drug-likeness (QED) is 0.439. The molecule has 0 aliphatic rings. The molecule has 0 bridgehead atoms. The van der Waals surface area contributed by atoms with E-state index in [9.17, 15) is 14.9 Å². The van der Waals surface area contributed by atoms with Crippen molar-refractivity contribution in [1.82, 2.24) is 0 Å². The van der Waals surface area contributed by atoms with Crippen molar-refractivity contribution < 1.29 is 14.5 Å². The number of nitrogens with zero attached hydrogens (tertiary/aromatic N) is 1. The number of nitro benzene ring substituents is 1. The zero-order chi connectivity index (χ0) is 12.3. The van der Waals surface area contributed by atoms with Crippen molar-refractivity contribution in [3.63, 3.8) is 0 Å². The van der Waals surface area contributed by atoms with Gasteiger partial charge < -0.3 is 4.74 Å². The number of para-hydroxylation sites is 1. The van der Waals surface area contributed by atoms with Crippen LogP contribution in [0, 0.1) is 10.1 Å². The third-order valence-electron chi connectivity index (χ3n) is 1.72. The highest BCUT2D eigenvalue weighted by molar-refractivity contribution is 5.94. The number of rotatable bonds is 2. The summed E-state index contributed by atoms with van der Waals surface area (Å²) in [5.41, 5.74) is -0.931. The van der Waals surface area contributed by atoms with Gasteiger partial charge in [-0.1, -0.05) is 12.1 Å². The number of nitro groups is 1. The van der Waals surface area contributed by atoms with Crippen molar-refractivity contribution in [1.29, 1.82) is 0 Å². The molecule has 0 heterocycles. The van der Waals surface area contributed by atoms with Crippen molar-refractivity contribution in [2.45, 2.75) is 26.4 Å². The van der Waals surface area contributed by atoms with Gasteiger partial charge in [0.2, 0.25) is 0 Å². The van der Waals surface area contributed by atoms with Crippen LogP contribution in [0.2, 0.25) is 0 Å². The fourth-order valence-corrected chi connectivity index (χ4v) is 1.14. The van der Waals surface area contributed by atoms with Gasteiger partial charge in [0.25, 0.3) is 5.69 Å². The molecule has 5 heteroatoms. The number of ether oxygens (including phenoxy) is 1. The Morgan fingerprint density at radius 2 is 1.88 bits per heavy atom. The molecule has 0 N–H and O–H groups in total. The Kier molecular flexibility index (Phi) is 3.27. The molecule has 1 aromatic rings. The predicted octanol–water partition coefficient (Wildman–Crippen LogP) is 2.55. The molecule has 86 valence electrons. The number of esters is 1. The number of hydrogen-bond donors (Lipinski definition) is 0. The summed E-state index contributed by atoms with van der Waals surface area (Å²) in [6, 6.07) is 5.73. The van der Waals surface area contributed by atoms with Crippen LogP contribution in [0.5, 0.6) is 0 Å². The second-order valence-corrected chi connectivity index (χ2v) is 4.28. The van der Waals surface area contributed by atoms with Crippen LogP contribution in [-0.2, 0) is 4.74 Å². The lowest BCUT2D eigenvalue weighted by molar-refractivity contribution is -0.385. The molecule has 0 atom stereocenters. The Hall–Kier alpha value is -1.91. The third-order valence-corrected chi connectivity index (χ3v) is 1.72.